The molecule has 0 radical (unpaired) electrons. The van der Waals surface area contributed by atoms with Crippen molar-refractivity contribution in [3.63, 3.8) is 0 Å². The monoisotopic (exact) mass is 264 g/mol. The van der Waals surface area contributed by atoms with Crippen LogP contribution in [0.15, 0.2) is 24.3 Å². The van der Waals surface area contributed by atoms with E-state index in [4.69, 9.17) is 4.74 Å². The van der Waals surface area contributed by atoms with Gasteiger partial charge in [-0.2, -0.15) is 0 Å². The highest BCUT2D eigenvalue weighted by Gasteiger charge is 2.08. The van der Waals surface area contributed by atoms with E-state index in [0.29, 0.717) is 19.1 Å². The zero-order valence-electron chi connectivity index (χ0n) is 12.2. The summed E-state index contributed by atoms with van der Waals surface area (Å²) in [6, 6.07) is 7.86. The lowest BCUT2D eigenvalue weighted by molar-refractivity contribution is -0.120. The normalized spacial score (nSPS) is 12.3. The van der Waals surface area contributed by atoms with Crippen molar-refractivity contribution in [3.05, 3.63) is 29.8 Å². The smallest absolute Gasteiger partial charge is 0.234 e. The highest BCUT2D eigenvalue weighted by molar-refractivity contribution is 5.78. The molecule has 0 fully saturated rings. The number of rotatable bonds is 7. The lowest BCUT2D eigenvalue weighted by Crippen LogP contribution is -2.33. The molecule has 0 aliphatic carbocycles. The lowest BCUT2D eigenvalue weighted by atomic mass is 10.1. The molecule has 19 heavy (non-hydrogen) atoms. The molecule has 106 valence electrons. The number of hydrogen-bond acceptors (Lipinski definition) is 3. The summed E-state index contributed by atoms with van der Waals surface area (Å²) >= 11 is 0. The Morgan fingerprint density at radius 1 is 1.21 bits per heavy atom. The van der Waals surface area contributed by atoms with Crippen molar-refractivity contribution in [1.29, 1.82) is 0 Å². The lowest BCUT2D eigenvalue weighted by Gasteiger charge is -2.15. The maximum absolute atomic E-state index is 11.5. The van der Waals surface area contributed by atoms with Crippen LogP contribution in [0.4, 0.5) is 0 Å². The number of ether oxygens (including phenoxy) is 1. The molecule has 0 saturated carbocycles. The quantitative estimate of drug-likeness (QED) is 0.793. The van der Waals surface area contributed by atoms with Gasteiger partial charge in [-0.1, -0.05) is 26.0 Å². The van der Waals surface area contributed by atoms with Crippen molar-refractivity contribution in [2.24, 2.45) is 5.92 Å². The zero-order chi connectivity index (χ0) is 14.3. The molecule has 0 bridgehead atoms. The van der Waals surface area contributed by atoms with Crippen LogP contribution < -0.4 is 15.4 Å². The third-order valence-electron chi connectivity index (χ3n) is 2.68. The van der Waals surface area contributed by atoms with E-state index < -0.39 is 0 Å². The van der Waals surface area contributed by atoms with Crippen LogP contribution >= 0.6 is 0 Å². The molecule has 0 aliphatic heterocycles. The molecular formula is C15H24N2O2. The van der Waals surface area contributed by atoms with Crippen LogP contribution in [0.25, 0.3) is 0 Å². The molecule has 0 aliphatic rings. The second-order valence-electron chi connectivity index (χ2n) is 5.09. The van der Waals surface area contributed by atoms with Gasteiger partial charge < -0.3 is 15.4 Å². The zero-order valence-corrected chi connectivity index (χ0v) is 12.2. The largest absolute Gasteiger partial charge is 0.493 e. The van der Waals surface area contributed by atoms with E-state index in [1.165, 1.54) is 0 Å². The predicted octanol–water partition coefficient (Wildman–Crippen LogP) is 2.12. The van der Waals surface area contributed by atoms with E-state index in [-0.39, 0.29) is 11.9 Å². The minimum Gasteiger partial charge on any atom is -0.493 e. The van der Waals surface area contributed by atoms with Crippen LogP contribution in [0.3, 0.4) is 0 Å². The van der Waals surface area contributed by atoms with Crippen molar-refractivity contribution in [3.8, 4) is 5.75 Å². The Morgan fingerprint density at radius 3 is 2.37 bits per heavy atom. The van der Waals surface area contributed by atoms with Crippen molar-refractivity contribution in [2.45, 2.75) is 26.8 Å². The van der Waals surface area contributed by atoms with E-state index >= 15 is 0 Å². The van der Waals surface area contributed by atoms with Gasteiger partial charge in [0.1, 0.15) is 5.75 Å². The van der Waals surface area contributed by atoms with Crippen molar-refractivity contribution >= 4 is 5.91 Å². The van der Waals surface area contributed by atoms with Gasteiger partial charge in [0.2, 0.25) is 5.91 Å². The Labute approximate surface area is 115 Å². The summed E-state index contributed by atoms with van der Waals surface area (Å²) in [6.45, 7) is 7.26. The summed E-state index contributed by atoms with van der Waals surface area (Å²) in [7, 11) is 1.76. The van der Waals surface area contributed by atoms with Crippen LogP contribution in [0.1, 0.15) is 32.4 Å². The Hall–Kier alpha value is -1.55. The molecule has 1 aromatic rings. The van der Waals surface area contributed by atoms with E-state index in [1.54, 1.807) is 7.05 Å². The second kappa shape index (κ2) is 7.79. The summed E-state index contributed by atoms with van der Waals surface area (Å²) in [5.74, 6) is 1.38. The first-order chi connectivity index (χ1) is 9.02. The number of benzene rings is 1. The molecule has 1 aromatic carbocycles. The molecule has 4 nitrogen and oxygen atoms in total. The second-order valence-corrected chi connectivity index (χ2v) is 5.09. The summed E-state index contributed by atoms with van der Waals surface area (Å²) in [6.07, 6.45) is 0. The van der Waals surface area contributed by atoms with E-state index in [1.807, 2.05) is 31.2 Å². The topological polar surface area (TPSA) is 50.4 Å². The fraction of sp³-hybridized carbons (Fsp3) is 0.533. The van der Waals surface area contributed by atoms with Gasteiger partial charge in [0.05, 0.1) is 19.2 Å². The predicted molar refractivity (Wildman–Crippen MR) is 77.3 cm³/mol. The number of hydrogen-bond donors (Lipinski definition) is 2. The fourth-order valence-electron chi connectivity index (χ4n) is 1.65. The number of carbonyl (C=O) groups is 1. The number of carbonyl (C=O) groups excluding carboxylic acids is 1. The Bertz CT molecular complexity index is 388. The first-order valence-corrected chi connectivity index (χ1v) is 6.69. The molecule has 1 rings (SSSR count). The van der Waals surface area contributed by atoms with Crippen LogP contribution in [0.5, 0.6) is 5.75 Å². The van der Waals surface area contributed by atoms with Gasteiger partial charge in [0, 0.05) is 0 Å². The minimum absolute atomic E-state index is 0.00000115. The molecule has 2 N–H and O–H groups in total. The average molecular weight is 264 g/mol. The van der Waals surface area contributed by atoms with Crippen molar-refractivity contribution < 1.29 is 9.53 Å². The van der Waals surface area contributed by atoms with Gasteiger partial charge in [-0.25, -0.2) is 0 Å². The highest BCUT2D eigenvalue weighted by atomic mass is 16.5. The van der Waals surface area contributed by atoms with Crippen LogP contribution in [-0.4, -0.2) is 26.1 Å². The van der Waals surface area contributed by atoms with Gasteiger partial charge in [-0.05, 0) is 37.6 Å². The van der Waals surface area contributed by atoms with Crippen molar-refractivity contribution in [2.75, 3.05) is 20.2 Å². The molecular weight excluding hydrogens is 240 g/mol. The Balaban J connectivity index is 2.52. The molecule has 4 heteroatoms. The SMILES string of the molecule is CNCC(=O)NC(C)c1ccc(OCC(C)C)cc1. The fourth-order valence-corrected chi connectivity index (χ4v) is 1.65. The summed E-state index contributed by atoms with van der Waals surface area (Å²) in [5.41, 5.74) is 1.07. The number of nitrogens with one attached hydrogen (secondary N) is 2. The molecule has 0 spiro atoms. The molecule has 1 atom stereocenters. The first kappa shape index (κ1) is 15.5. The average Bonchev–Trinajstić information content (AvgIpc) is 2.37. The standard InChI is InChI=1S/C15H24N2O2/c1-11(2)10-19-14-7-5-13(6-8-14)12(3)17-15(18)9-16-4/h5-8,11-12,16H,9-10H2,1-4H3,(H,17,18). The summed E-state index contributed by atoms with van der Waals surface area (Å²) < 4.78 is 5.62. The van der Waals surface area contributed by atoms with E-state index in [9.17, 15) is 4.79 Å². The Morgan fingerprint density at radius 2 is 1.84 bits per heavy atom. The van der Waals surface area contributed by atoms with Crippen LogP contribution in [0.2, 0.25) is 0 Å². The minimum atomic E-state index is -0.00451. The van der Waals surface area contributed by atoms with E-state index in [2.05, 4.69) is 24.5 Å². The summed E-state index contributed by atoms with van der Waals surface area (Å²) in [4.78, 5) is 11.5. The summed E-state index contributed by atoms with van der Waals surface area (Å²) in [5, 5.41) is 5.75. The first-order valence-electron chi connectivity index (χ1n) is 6.69. The maximum atomic E-state index is 11.5. The molecule has 0 heterocycles. The molecule has 1 unspecified atom stereocenters. The van der Waals surface area contributed by atoms with Crippen LogP contribution in [0, 0.1) is 5.92 Å². The molecule has 0 saturated heterocycles. The van der Waals surface area contributed by atoms with Gasteiger partial charge in [-0.3, -0.25) is 4.79 Å². The van der Waals surface area contributed by atoms with Crippen molar-refractivity contribution in [1.82, 2.24) is 10.6 Å². The van der Waals surface area contributed by atoms with Crippen LogP contribution in [-0.2, 0) is 4.79 Å². The van der Waals surface area contributed by atoms with Gasteiger partial charge >= 0.3 is 0 Å². The number of amides is 1. The number of likely N-dealkylation sites (N-methyl/N-ethyl adjacent to an activating group) is 1. The third-order valence-corrected chi connectivity index (χ3v) is 2.68. The van der Waals surface area contributed by atoms with Gasteiger partial charge in [0.25, 0.3) is 0 Å². The third kappa shape index (κ3) is 5.75. The maximum Gasteiger partial charge on any atom is 0.234 e. The van der Waals surface area contributed by atoms with E-state index in [0.717, 1.165) is 11.3 Å². The van der Waals surface area contributed by atoms with Gasteiger partial charge in [0.15, 0.2) is 0 Å². The van der Waals surface area contributed by atoms with Gasteiger partial charge in [-0.15, -0.1) is 0 Å². The molecule has 1 amide bonds. The highest BCUT2D eigenvalue weighted by Crippen LogP contribution is 2.18. The molecule has 0 aromatic heterocycles. The Kier molecular flexibility index (Phi) is 6.36.